The molecule has 0 saturated carbocycles. The number of aliphatic hydroxyl groups is 1. The van der Waals surface area contributed by atoms with Crippen molar-refractivity contribution in [2.75, 3.05) is 26.8 Å². The second-order valence-corrected chi connectivity index (χ2v) is 6.58. The lowest BCUT2D eigenvalue weighted by atomic mass is 10.1. The Balaban J connectivity index is 1.58. The highest BCUT2D eigenvalue weighted by Crippen LogP contribution is 2.25. The molecule has 1 fully saturated rings. The molecule has 2 aromatic carbocycles. The number of hydrogen-bond acceptors (Lipinski definition) is 4. The molecule has 0 spiro atoms. The number of benzene rings is 2. The number of rotatable bonds is 6. The number of carbonyl (C=O) groups is 1. The predicted octanol–water partition coefficient (Wildman–Crippen LogP) is 2.63. The lowest BCUT2D eigenvalue weighted by Crippen LogP contribution is -2.40. The molecule has 1 saturated heterocycles. The minimum absolute atomic E-state index is 0.00695. The van der Waals surface area contributed by atoms with Crippen molar-refractivity contribution in [3.63, 3.8) is 0 Å². The van der Waals surface area contributed by atoms with Crippen molar-refractivity contribution in [2.24, 2.45) is 0 Å². The highest BCUT2D eigenvalue weighted by atomic mass is 19.1. The molecule has 0 bridgehead atoms. The average molecular weight is 359 g/mol. The summed E-state index contributed by atoms with van der Waals surface area (Å²) < 4.78 is 23.8. The molecule has 1 atom stereocenters. The van der Waals surface area contributed by atoms with E-state index in [-0.39, 0.29) is 19.1 Å². The highest BCUT2D eigenvalue weighted by molar-refractivity contribution is 5.94. The van der Waals surface area contributed by atoms with Crippen LogP contribution >= 0.6 is 0 Å². The van der Waals surface area contributed by atoms with E-state index in [1.807, 2.05) is 12.1 Å². The van der Waals surface area contributed by atoms with Crippen LogP contribution in [0.15, 0.2) is 48.5 Å². The molecule has 1 unspecified atom stereocenters. The standard InChI is InChI=1S/C20H22FNO4/c1-25-12-15-5-7-16(8-6-15)19(23)22-10-9-20(24,13-22)14-26-18-4-2-3-17(21)11-18/h2-8,11,24H,9-10,12-14H2,1H3. The summed E-state index contributed by atoms with van der Waals surface area (Å²) in [5.41, 5.74) is 0.420. The summed E-state index contributed by atoms with van der Waals surface area (Å²) in [5, 5.41) is 10.7. The van der Waals surface area contributed by atoms with Gasteiger partial charge < -0.3 is 19.5 Å². The van der Waals surface area contributed by atoms with Gasteiger partial charge in [-0.15, -0.1) is 0 Å². The Morgan fingerprint density at radius 2 is 2.04 bits per heavy atom. The Morgan fingerprint density at radius 3 is 2.73 bits per heavy atom. The molecule has 3 rings (SSSR count). The molecular formula is C20H22FNO4. The fourth-order valence-electron chi connectivity index (χ4n) is 3.01. The van der Waals surface area contributed by atoms with E-state index in [9.17, 15) is 14.3 Å². The van der Waals surface area contributed by atoms with Gasteiger partial charge >= 0.3 is 0 Å². The van der Waals surface area contributed by atoms with E-state index in [1.165, 1.54) is 12.1 Å². The van der Waals surface area contributed by atoms with E-state index in [0.717, 1.165) is 5.56 Å². The molecule has 2 aromatic rings. The van der Waals surface area contributed by atoms with Gasteiger partial charge in [0.05, 0.1) is 13.2 Å². The number of carbonyl (C=O) groups excluding carboxylic acids is 1. The van der Waals surface area contributed by atoms with Gasteiger partial charge in [-0.2, -0.15) is 0 Å². The van der Waals surface area contributed by atoms with Gasteiger partial charge in [0, 0.05) is 25.3 Å². The van der Waals surface area contributed by atoms with Crippen LogP contribution in [-0.2, 0) is 11.3 Å². The van der Waals surface area contributed by atoms with Gasteiger partial charge in [-0.25, -0.2) is 4.39 Å². The third-order valence-corrected chi connectivity index (χ3v) is 4.43. The van der Waals surface area contributed by atoms with Crippen molar-refractivity contribution in [1.29, 1.82) is 0 Å². The van der Waals surface area contributed by atoms with E-state index in [0.29, 0.717) is 30.9 Å². The maximum Gasteiger partial charge on any atom is 0.253 e. The number of hydrogen-bond donors (Lipinski definition) is 1. The molecule has 1 aliphatic rings. The summed E-state index contributed by atoms with van der Waals surface area (Å²) in [4.78, 5) is 14.2. The number of nitrogens with zero attached hydrogens (tertiary/aromatic N) is 1. The van der Waals surface area contributed by atoms with Crippen molar-refractivity contribution in [3.05, 3.63) is 65.5 Å². The fraction of sp³-hybridized carbons (Fsp3) is 0.350. The van der Waals surface area contributed by atoms with Crippen LogP contribution in [0.4, 0.5) is 4.39 Å². The highest BCUT2D eigenvalue weighted by Gasteiger charge is 2.39. The molecule has 0 aliphatic carbocycles. The van der Waals surface area contributed by atoms with Crippen molar-refractivity contribution >= 4 is 5.91 Å². The normalized spacial score (nSPS) is 19.6. The SMILES string of the molecule is COCc1ccc(C(=O)N2CCC(O)(COc3cccc(F)c3)C2)cc1. The maximum atomic E-state index is 13.2. The zero-order valence-electron chi connectivity index (χ0n) is 14.7. The summed E-state index contributed by atoms with van der Waals surface area (Å²) in [7, 11) is 1.62. The minimum atomic E-state index is -1.14. The first-order valence-electron chi connectivity index (χ1n) is 8.47. The lowest BCUT2D eigenvalue weighted by molar-refractivity contribution is 0.00422. The van der Waals surface area contributed by atoms with Crippen LogP contribution in [0.3, 0.4) is 0 Å². The molecule has 26 heavy (non-hydrogen) atoms. The Morgan fingerprint density at radius 1 is 1.27 bits per heavy atom. The van der Waals surface area contributed by atoms with Gasteiger partial charge in [-0.1, -0.05) is 18.2 Å². The third kappa shape index (κ3) is 4.39. The van der Waals surface area contributed by atoms with Crippen LogP contribution in [0.1, 0.15) is 22.3 Å². The summed E-state index contributed by atoms with van der Waals surface area (Å²) in [6, 6.07) is 13.0. The molecule has 1 amide bonds. The van der Waals surface area contributed by atoms with Crippen LogP contribution in [0.5, 0.6) is 5.75 Å². The van der Waals surface area contributed by atoms with Gasteiger partial charge in [0.2, 0.25) is 0 Å². The summed E-state index contributed by atoms with van der Waals surface area (Å²) in [6.45, 7) is 1.13. The number of likely N-dealkylation sites (tertiary alicyclic amines) is 1. The zero-order chi connectivity index (χ0) is 18.6. The van der Waals surface area contributed by atoms with Gasteiger partial charge in [0.15, 0.2) is 0 Å². The van der Waals surface area contributed by atoms with Crippen LogP contribution in [0.25, 0.3) is 0 Å². The molecule has 0 radical (unpaired) electrons. The van der Waals surface area contributed by atoms with Crippen LogP contribution in [-0.4, -0.2) is 48.3 Å². The Kier molecular flexibility index (Phi) is 5.54. The average Bonchev–Trinajstić information content (AvgIpc) is 3.03. The fourth-order valence-corrected chi connectivity index (χ4v) is 3.01. The number of β-amino-alcohol motifs (C(OH)–C–C–N with tert-alkyl or cyclic N) is 1. The Labute approximate surface area is 152 Å². The predicted molar refractivity (Wildman–Crippen MR) is 94.5 cm³/mol. The number of ether oxygens (including phenoxy) is 2. The lowest BCUT2D eigenvalue weighted by Gasteiger charge is -2.23. The smallest absolute Gasteiger partial charge is 0.253 e. The summed E-state index contributed by atoms with van der Waals surface area (Å²) >= 11 is 0. The van der Waals surface area contributed by atoms with Gasteiger partial charge in [0.25, 0.3) is 5.91 Å². The first-order chi connectivity index (χ1) is 12.5. The molecule has 138 valence electrons. The van der Waals surface area contributed by atoms with Crippen molar-refractivity contribution in [1.82, 2.24) is 4.90 Å². The Hall–Kier alpha value is -2.44. The first-order valence-corrected chi connectivity index (χ1v) is 8.47. The topological polar surface area (TPSA) is 59.0 Å². The minimum Gasteiger partial charge on any atom is -0.490 e. The quantitative estimate of drug-likeness (QED) is 0.861. The number of halogens is 1. The summed E-state index contributed by atoms with van der Waals surface area (Å²) in [5.74, 6) is -0.165. The maximum absolute atomic E-state index is 13.2. The van der Waals surface area contributed by atoms with E-state index in [2.05, 4.69) is 0 Å². The first kappa shape index (κ1) is 18.4. The third-order valence-electron chi connectivity index (χ3n) is 4.43. The molecule has 6 heteroatoms. The molecule has 0 aromatic heterocycles. The number of amides is 1. The van der Waals surface area contributed by atoms with Gasteiger partial charge in [-0.05, 0) is 36.2 Å². The monoisotopic (exact) mass is 359 g/mol. The zero-order valence-corrected chi connectivity index (χ0v) is 14.7. The van der Waals surface area contributed by atoms with Crippen LogP contribution < -0.4 is 4.74 Å². The number of methoxy groups -OCH3 is 1. The van der Waals surface area contributed by atoms with E-state index in [4.69, 9.17) is 9.47 Å². The summed E-state index contributed by atoms with van der Waals surface area (Å²) in [6.07, 6.45) is 0.413. The molecule has 5 nitrogen and oxygen atoms in total. The molecule has 1 heterocycles. The van der Waals surface area contributed by atoms with Crippen molar-refractivity contribution in [2.45, 2.75) is 18.6 Å². The molecular weight excluding hydrogens is 337 g/mol. The van der Waals surface area contributed by atoms with E-state index in [1.54, 1.807) is 36.3 Å². The van der Waals surface area contributed by atoms with Crippen LogP contribution in [0.2, 0.25) is 0 Å². The van der Waals surface area contributed by atoms with Crippen LogP contribution in [0, 0.1) is 5.82 Å². The van der Waals surface area contributed by atoms with Gasteiger partial charge in [-0.3, -0.25) is 4.79 Å². The van der Waals surface area contributed by atoms with E-state index < -0.39 is 11.4 Å². The Bertz CT molecular complexity index is 765. The second kappa shape index (κ2) is 7.85. The van der Waals surface area contributed by atoms with E-state index >= 15 is 0 Å². The molecule has 1 N–H and O–H groups in total. The van der Waals surface area contributed by atoms with Gasteiger partial charge in [0.1, 0.15) is 23.8 Å². The largest absolute Gasteiger partial charge is 0.490 e. The van der Waals surface area contributed by atoms with Crippen molar-refractivity contribution < 1.29 is 23.8 Å². The second-order valence-electron chi connectivity index (χ2n) is 6.58. The molecule has 1 aliphatic heterocycles. The van der Waals surface area contributed by atoms with Crippen molar-refractivity contribution in [3.8, 4) is 5.75 Å².